The number of hydrogen-bond donors (Lipinski definition) is 0. The molecule has 1 heterocycles. The monoisotopic (exact) mass is 763 g/mol. The van der Waals surface area contributed by atoms with Gasteiger partial charge in [-0.2, -0.15) is 0 Å². The van der Waals surface area contributed by atoms with E-state index in [1.165, 1.54) is 59.8 Å². The highest BCUT2D eigenvalue weighted by atomic mass is 16.3. The Bertz CT molecular complexity index is 3610. The van der Waals surface area contributed by atoms with Crippen LogP contribution in [0.2, 0.25) is 0 Å². The molecule has 0 radical (unpaired) electrons. The van der Waals surface area contributed by atoms with Crippen LogP contribution in [0.3, 0.4) is 0 Å². The van der Waals surface area contributed by atoms with Crippen LogP contribution in [0, 0.1) is 0 Å². The fraction of sp³-hybridized carbons (Fsp3) is 0. The van der Waals surface area contributed by atoms with Gasteiger partial charge >= 0.3 is 0 Å². The van der Waals surface area contributed by atoms with Crippen LogP contribution >= 0.6 is 0 Å². The largest absolute Gasteiger partial charge is 0.456 e. The molecule has 12 rings (SSSR count). The van der Waals surface area contributed by atoms with Crippen LogP contribution in [0.1, 0.15) is 0 Å². The van der Waals surface area contributed by atoms with Gasteiger partial charge in [-0.3, -0.25) is 0 Å². The van der Waals surface area contributed by atoms with Crippen molar-refractivity contribution in [1.29, 1.82) is 0 Å². The normalized spacial score (nSPS) is 11.7. The van der Waals surface area contributed by atoms with Crippen LogP contribution in [0.15, 0.2) is 229 Å². The summed E-state index contributed by atoms with van der Waals surface area (Å²) in [5.74, 6) is 0. The molecule has 0 aliphatic carbocycles. The molecule has 0 unspecified atom stereocenters. The van der Waals surface area contributed by atoms with E-state index in [1.54, 1.807) is 0 Å². The summed E-state index contributed by atoms with van der Waals surface area (Å²) in [5.41, 5.74) is 12.0. The molecule has 11 aromatic carbocycles. The first kappa shape index (κ1) is 34.1. The van der Waals surface area contributed by atoms with Crippen LogP contribution < -0.4 is 4.90 Å². The van der Waals surface area contributed by atoms with E-state index in [4.69, 9.17) is 4.42 Å². The van der Waals surface area contributed by atoms with Gasteiger partial charge in [0.15, 0.2) is 0 Å². The van der Waals surface area contributed by atoms with Crippen LogP contribution in [0.4, 0.5) is 17.1 Å². The number of nitrogens with zero attached hydrogens (tertiary/aromatic N) is 1. The highest BCUT2D eigenvalue weighted by Gasteiger charge is 2.20. The van der Waals surface area contributed by atoms with Crippen LogP contribution in [-0.2, 0) is 0 Å². The third kappa shape index (κ3) is 5.73. The van der Waals surface area contributed by atoms with Crippen LogP contribution in [-0.4, -0.2) is 0 Å². The summed E-state index contributed by atoms with van der Waals surface area (Å²) in [6.45, 7) is 0. The van der Waals surface area contributed by atoms with Gasteiger partial charge in [-0.15, -0.1) is 0 Å². The number of hydrogen-bond acceptors (Lipinski definition) is 2. The fourth-order valence-electron chi connectivity index (χ4n) is 9.25. The molecule has 280 valence electrons. The van der Waals surface area contributed by atoms with Crippen LogP contribution in [0.25, 0.3) is 98.4 Å². The van der Waals surface area contributed by atoms with Gasteiger partial charge in [-0.25, -0.2) is 0 Å². The molecule has 2 nitrogen and oxygen atoms in total. The van der Waals surface area contributed by atoms with E-state index >= 15 is 0 Å². The smallest absolute Gasteiger partial charge is 0.137 e. The predicted molar refractivity (Wildman–Crippen MR) is 255 cm³/mol. The van der Waals surface area contributed by atoms with Crippen molar-refractivity contribution in [3.63, 3.8) is 0 Å². The Morgan fingerprint density at radius 3 is 1.45 bits per heavy atom. The minimum Gasteiger partial charge on any atom is -0.456 e. The minimum absolute atomic E-state index is 0.866. The molecule has 0 saturated heterocycles. The third-order valence-electron chi connectivity index (χ3n) is 12.2. The molecular weight excluding hydrogens is 727 g/mol. The van der Waals surface area contributed by atoms with Gasteiger partial charge in [0.1, 0.15) is 11.2 Å². The average Bonchev–Trinajstić information content (AvgIpc) is 3.71. The van der Waals surface area contributed by atoms with Gasteiger partial charge in [-0.1, -0.05) is 170 Å². The van der Waals surface area contributed by atoms with Crippen molar-refractivity contribution in [3.8, 4) is 33.4 Å². The van der Waals surface area contributed by atoms with Crippen molar-refractivity contribution in [2.45, 2.75) is 0 Å². The van der Waals surface area contributed by atoms with Gasteiger partial charge in [0.2, 0.25) is 0 Å². The maximum Gasteiger partial charge on any atom is 0.137 e. The average molecular weight is 764 g/mol. The second-order valence-electron chi connectivity index (χ2n) is 15.7. The van der Waals surface area contributed by atoms with Gasteiger partial charge in [0, 0.05) is 16.8 Å². The lowest BCUT2D eigenvalue weighted by Gasteiger charge is -2.27. The quantitative estimate of drug-likeness (QED) is 0.157. The summed E-state index contributed by atoms with van der Waals surface area (Å²) in [6.07, 6.45) is 0. The van der Waals surface area contributed by atoms with Crippen molar-refractivity contribution in [3.05, 3.63) is 224 Å². The molecule has 2 heteroatoms. The van der Waals surface area contributed by atoms with E-state index in [2.05, 4.69) is 223 Å². The number of para-hydroxylation sites is 1. The molecule has 1 aromatic heterocycles. The number of rotatable bonds is 6. The van der Waals surface area contributed by atoms with E-state index in [0.29, 0.717) is 0 Å². The van der Waals surface area contributed by atoms with Crippen molar-refractivity contribution in [2.24, 2.45) is 0 Å². The van der Waals surface area contributed by atoms with E-state index < -0.39 is 0 Å². The number of anilines is 3. The number of fused-ring (bicyclic) bond motifs is 9. The molecule has 0 bridgehead atoms. The molecule has 0 aliphatic heterocycles. The highest BCUT2D eigenvalue weighted by molar-refractivity contribution is 6.14. The Hall–Kier alpha value is -7.94. The molecule has 0 aliphatic rings. The Labute approximate surface area is 347 Å². The van der Waals surface area contributed by atoms with Gasteiger partial charge in [0.05, 0.1) is 11.1 Å². The molecule has 0 fully saturated rings. The lowest BCUT2D eigenvalue weighted by molar-refractivity contribution is 0.669. The zero-order valence-corrected chi connectivity index (χ0v) is 32.7. The molecule has 0 atom stereocenters. The number of furan rings is 1. The van der Waals surface area contributed by atoms with E-state index in [9.17, 15) is 0 Å². The predicted octanol–water partition coefficient (Wildman–Crippen LogP) is 16.7. The molecule has 60 heavy (non-hydrogen) atoms. The summed E-state index contributed by atoms with van der Waals surface area (Å²) in [5, 5.41) is 12.3. The van der Waals surface area contributed by atoms with Gasteiger partial charge < -0.3 is 9.32 Å². The first-order valence-electron chi connectivity index (χ1n) is 20.6. The minimum atomic E-state index is 0.866. The lowest BCUT2D eigenvalue weighted by Crippen LogP contribution is -2.10. The molecule has 0 spiro atoms. The Morgan fingerprint density at radius 2 is 0.733 bits per heavy atom. The third-order valence-corrected chi connectivity index (χ3v) is 12.2. The van der Waals surface area contributed by atoms with Crippen molar-refractivity contribution in [1.82, 2.24) is 0 Å². The molecule has 12 aromatic rings. The first-order chi connectivity index (χ1) is 29.7. The highest BCUT2D eigenvalue weighted by Crippen LogP contribution is 2.45. The standard InChI is InChI=1S/C58H37NO/c1-3-16-50-40(10-1)29-31-47-34-45(32-33-52(47)50)39-24-22-38(23-25-39)43-12-7-14-48(35-43)59(55-19-9-21-57-58(55)53-18-5-6-20-56(53)60-57)49-15-8-13-44(36-49)46-30-28-42-27-26-41-11-2-4-17-51(41)54(42)37-46/h1-37H. The van der Waals surface area contributed by atoms with E-state index in [-0.39, 0.29) is 0 Å². The fourth-order valence-corrected chi connectivity index (χ4v) is 9.25. The summed E-state index contributed by atoms with van der Waals surface area (Å²) in [7, 11) is 0. The van der Waals surface area contributed by atoms with E-state index in [0.717, 1.165) is 55.7 Å². The number of benzene rings is 11. The summed E-state index contributed by atoms with van der Waals surface area (Å²) < 4.78 is 6.44. The molecule has 0 saturated carbocycles. The lowest BCUT2D eigenvalue weighted by atomic mass is 9.96. The zero-order valence-electron chi connectivity index (χ0n) is 32.7. The van der Waals surface area contributed by atoms with Crippen LogP contribution in [0.5, 0.6) is 0 Å². The van der Waals surface area contributed by atoms with E-state index in [1.807, 2.05) is 6.07 Å². The Kier molecular flexibility index (Phi) is 7.89. The first-order valence-corrected chi connectivity index (χ1v) is 20.6. The summed E-state index contributed by atoms with van der Waals surface area (Å²) in [6, 6.07) is 81.4. The summed E-state index contributed by atoms with van der Waals surface area (Å²) in [4.78, 5) is 2.39. The maximum absolute atomic E-state index is 6.44. The van der Waals surface area contributed by atoms with Gasteiger partial charge in [0.25, 0.3) is 0 Å². The van der Waals surface area contributed by atoms with Gasteiger partial charge in [-0.05, 0) is 131 Å². The molecule has 0 amide bonds. The second-order valence-corrected chi connectivity index (χ2v) is 15.7. The molecular formula is C58H37NO. The second kappa shape index (κ2) is 13.9. The topological polar surface area (TPSA) is 16.4 Å². The Balaban J connectivity index is 0.969. The molecule has 0 N–H and O–H groups in total. The van der Waals surface area contributed by atoms with Crippen molar-refractivity contribution < 1.29 is 4.42 Å². The SMILES string of the molecule is c1cc(-c2ccc(-c3ccc4c(ccc5ccccc54)c3)cc2)cc(N(c2cccc(-c3ccc4ccc5ccccc5c4c3)c2)c2cccc3oc4ccccc4c23)c1. The maximum atomic E-state index is 6.44. The summed E-state index contributed by atoms with van der Waals surface area (Å²) >= 11 is 0. The van der Waals surface area contributed by atoms with Crippen molar-refractivity contribution >= 4 is 82.1 Å². The zero-order chi connectivity index (χ0) is 39.6. The van der Waals surface area contributed by atoms with Crippen molar-refractivity contribution in [2.75, 3.05) is 4.90 Å². The Morgan fingerprint density at radius 1 is 0.267 bits per heavy atom.